The van der Waals surface area contributed by atoms with E-state index in [0.29, 0.717) is 13.0 Å². The van der Waals surface area contributed by atoms with Gasteiger partial charge in [0.2, 0.25) is 5.91 Å². The summed E-state index contributed by atoms with van der Waals surface area (Å²) in [6.07, 6.45) is 2.33. The summed E-state index contributed by atoms with van der Waals surface area (Å²) in [5.74, 6) is 1.19. The van der Waals surface area contributed by atoms with E-state index in [1.807, 2.05) is 38.1 Å². The van der Waals surface area contributed by atoms with Gasteiger partial charge in [0, 0.05) is 30.5 Å². The molecule has 1 N–H and O–H groups in total. The first-order chi connectivity index (χ1) is 9.63. The summed E-state index contributed by atoms with van der Waals surface area (Å²) in [6.45, 7) is 4.75. The molecule has 4 heteroatoms. The predicted octanol–water partition coefficient (Wildman–Crippen LogP) is 2.45. The number of nitrogens with zero attached hydrogens (tertiary/aromatic N) is 1. The number of amides is 1. The Balaban J connectivity index is 1.88. The van der Waals surface area contributed by atoms with Crippen LogP contribution in [0.25, 0.3) is 10.9 Å². The monoisotopic (exact) mass is 270 g/mol. The molecule has 2 unspecified atom stereocenters. The van der Waals surface area contributed by atoms with Gasteiger partial charge in [0.25, 0.3) is 0 Å². The van der Waals surface area contributed by atoms with Gasteiger partial charge >= 0.3 is 0 Å². The molecule has 2 heterocycles. The highest BCUT2D eigenvalue weighted by Crippen LogP contribution is 2.29. The molecule has 2 aromatic rings. The van der Waals surface area contributed by atoms with E-state index < -0.39 is 0 Å². The van der Waals surface area contributed by atoms with Crippen molar-refractivity contribution in [2.75, 3.05) is 6.54 Å². The Morgan fingerprint density at radius 3 is 3.05 bits per heavy atom. The second-order valence-electron chi connectivity index (χ2n) is 5.42. The van der Waals surface area contributed by atoms with Crippen molar-refractivity contribution in [1.82, 2.24) is 10.3 Å². The second-order valence-corrected chi connectivity index (χ2v) is 5.42. The molecule has 104 valence electrons. The molecule has 1 saturated heterocycles. The first kappa shape index (κ1) is 12.9. The fraction of sp³-hybridized carbons (Fsp3) is 0.375. The number of rotatable bonds is 3. The van der Waals surface area contributed by atoms with Gasteiger partial charge in [-0.25, -0.2) is 0 Å². The predicted molar refractivity (Wildman–Crippen MR) is 77.7 cm³/mol. The Labute approximate surface area is 118 Å². The van der Waals surface area contributed by atoms with Crippen LogP contribution in [0.5, 0.6) is 5.75 Å². The third-order valence-corrected chi connectivity index (χ3v) is 3.81. The normalized spacial score (nSPS) is 19.9. The number of carbonyl (C=O) groups is 1. The molecule has 2 atom stereocenters. The van der Waals surface area contributed by atoms with Crippen molar-refractivity contribution >= 4 is 16.8 Å². The summed E-state index contributed by atoms with van der Waals surface area (Å²) < 4.78 is 6.11. The van der Waals surface area contributed by atoms with Crippen molar-refractivity contribution in [3.63, 3.8) is 0 Å². The smallest absolute Gasteiger partial charge is 0.220 e. The largest absolute Gasteiger partial charge is 0.490 e. The Hall–Kier alpha value is -2.10. The summed E-state index contributed by atoms with van der Waals surface area (Å²) in [6, 6.07) is 8.01. The number of carbonyl (C=O) groups excluding carboxylic acids is 1. The van der Waals surface area contributed by atoms with Gasteiger partial charge in [-0.05, 0) is 43.7 Å². The highest BCUT2D eigenvalue weighted by atomic mass is 16.5. The lowest BCUT2D eigenvalue weighted by molar-refractivity contribution is -0.119. The molecule has 1 aromatic heterocycles. The van der Waals surface area contributed by atoms with Gasteiger partial charge in [-0.2, -0.15) is 0 Å². The minimum absolute atomic E-state index is 0.000781. The maximum Gasteiger partial charge on any atom is 0.220 e. The molecule has 3 rings (SSSR count). The van der Waals surface area contributed by atoms with E-state index in [1.165, 1.54) is 0 Å². The first-order valence-electron chi connectivity index (χ1n) is 6.92. The summed E-state index contributed by atoms with van der Waals surface area (Å²) in [4.78, 5) is 15.7. The Morgan fingerprint density at radius 1 is 1.45 bits per heavy atom. The number of aryl methyl sites for hydroxylation is 1. The zero-order valence-corrected chi connectivity index (χ0v) is 11.7. The van der Waals surface area contributed by atoms with Gasteiger partial charge in [0.05, 0.1) is 5.52 Å². The number of benzene rings is 1. The van der Waals surface area contributed by atoms with E-state index in [4.69, 9.17) is 4.74 Å². The van der Waals surface area contributed by atoms with E-state index in [-0.39, 0.29) is 17.9 Å². The zero-order chi connectivity index (χ0) is 14.1. The lowest BCUT2D eigenvalue weighted by atomic mass is 10.0. The van der Waals surface area contributed by atoms with Crippen LogP contribution in [0.2, 0.25) is 0 Å². The Bertz CT molecular complexity index is 654. The van der Waals surface area contributed by atoms with Gasteiger partial charge in [0.15, 0.2) is 0 Å². The number of aromatic nitrogens is 1. The fourth-order valence-corrected chi connectivity index (χ4v) is 2.64. The van der Waals surface area contributed by atoms with Crippen molar-refractivity contribution in [1.29, 1.82) is 0 Å². The summed E-state index contributed by atoms with van der Waals surface area (Å²) in [5.41, 5.74) is 2.06. The van der Waals surface area contributed by atoms with Crippen molar-refractivity contribution in [3.8, 4) is 5.75 Å². The van der Waals surface area contributed by atoms with Crippen LogP contribution in [0.15, 0.2) is 30.5 Å². The van der Waals surface area contributed by atoms with Crippen LogP contribution >= 0.6 is 0 Å². The van der Waals surface area contributed by atoms with Crippen LogP contribution < -0.4 is 10.1 Å². The summed E-state index contributed by atoms with van der Waals surface area (Å²) in [5, 5.41) is 3.87. The highest BCUT2D eigenvalue weighted by Gasteiger charge is 2.28. The number of hydrogen-bond donors (Lipinski definition) is 1. The number of fused-ring (bicyclic) bond motifs is 1. The molecule has 1 amide bonds. The lowest BCUT2D eigenvalue weighted by Gasteiger charge is -2.21. The van der Waals surface area contributed by atoms with Gasteiger partial charge < -0.3 is 10.1 Å². The SMILES string of the molecule is Cc1cc(OC(C)C2CNC(=O)C2)c2cccnc2c1. The highest BCUT2D eigenvalue weighted by molar-refractivity contribution is 5.85. The number of hydrogen-bond acceptors (Lipinski definition) is 3. The first-order valence-corrected chi connectivity index (χ1v) is 6.92. The molecule has 1 aromatic carbocycles. The minimum atomic E-state index is -0.000781. The maximum atomic E-state index is 11.3. The van der Waals surface area contributed by atoms with E-state index in [1.54, 1.807) is 6.20 Å². The van der Waals surface area contributed by atoms with Gasteiger partial charge in [-0.15, -0.1) is 0 Å². The second kappa shape index (κ2) is 5.12. The molecule has 0 spiro atoms. The van der Waals surface area contributed by atoms with Crippen LogP contribution in [0.4, 0.5) is 0 Å². The van der Waals surface area contributed by atoms with Crippen molar-refractivity contribution < 1.29 is 9.53 Å². The topological polar surface area (TPSA) is 51.2 Å². The van der Waals surface area contributed by atoms with Crippen molar-refractivity contribution in [2.24, 2.45) is 5.92 Å². The van der Waals surface area contributed by atoms with E-state index >= 15 is 0 Å². The van der Waals surface area contributed by atoms with Gasteiger partial charge in [-0.3, -0.25) is 9.78 Å². The number of nitrogens with one attached hydrogen (secondary N) is 1. The minimum Gasteiger partial charge on any atom is -0.490 e. The third-order valence-electron chi connectivity index (χ3n) is 3.81. The average Bonchev–Trinajstić information content (AvgIpc) is 2.85. The molecule has 0 aliphatic carbocycles. The Kier molecular flexibility index (Phi) is 3.30. The molecule has 20 heavy (non-hydrogen) atoms. The Morgan fingerprint density at radius 2 is 2.30 bits per heavy atom. The van der Waals surface area contributed by atoms with Crippen LogP contribution in [0.3, 0.4) is 0 Å². The molecular formula is C16H18N2O2. The molecule has 4 nitrogen and oxygen atoms in total. The summed E-state index contributed by atoms with van der Waals surface area (Å²) >= 11 is 0. The van der Waals surface area contributed by atoms with Gasteiger partial charge in [0.1, 0.15) is 11.9 Å². The van der Waals surface area contributed by atoms with Crippen LogP contribution in [-0.2, 0) is 4.79 Å². The maximum absolute atomic E-state index is 11.3. The molecule has 0 bridgehead atoms. The van der Waals surface area contributed by atoms with Crippen molar-refractivity contribution in [3.05, 3.63) is 36.0 Å². The molecule has 0 saturated carbocycles. The van der Waals surface area contributed by atoms with Crippen LogP contribution in [0, 0.1) is 12.8 Å². The van der Waals surface area contributed by atoms with E-state index in [0.717, 1.165) is 22.2 Å². The quantitative estimate of drug-likeness (QED) is 0.932. The van der Waals surface area contributed by atoms with Crippen molar-refractivity contribution in [2.45, 2.75) is 26.4 Å². The molecule has 1 fully saturated rings. The standard InChI is InChI=1S/C16H18N2O2/c1-10-6-14-13(4-3-5-17-14)15(7-10)20-11(2)12-8-16(19)18-9-12/h3-7,11-12H,8-9H2,1-2H3,(H,18,19). The molecule has 0 radical (unpaired) electrons. The van der Waals surface area contributed by atoms with Crippen LogP contribution in [0.1, 0.15) is 18.9 Å². The van der Waals surface area contributed by atoms with Crippen LogP contribution in [-0.4, -0.2) is 23.5 Å². The molecule has 1 aliphatic heterocycles. The lowest BCUT2D eigenvalue weighted by Crippen LogP contribution is -2.25. The van der Waals surface area contributed by atoms with E-state index in [2.05, 4.69) is 10.3 Å². The van der Waals surface area contributed by atoms with E-state index in [9.17, 15) is 4.79 Å². The number of pyridine rings is 1. The third kappa shape index (κ3) is 2.46. The number of ether oxygens (including phenoxy) is 1. The average molecular weight is 270 g/mol. The molecular weight excluding hydrogens is 252 g/mol. The molecule has 1 aliphatic rings. The zero-order valence-electron chi connectivity index (χ0n) is 11.7. The summed E-state index contributed by atoms with van der Waals surface area (Å²) in [7, 11) is 0. The van der Waals surface area contributed by atoms with Gasteiger partial charge in [-0.1, -0.05) is 0 Å². The fourth-order valence-electron chi connectivity index (χ4n) is 2.64.